The fourth-order valence-electron chi connectivity index (χ4n) is 1.51. The molecule has 0 aliphatic carbocycles. The smallest absolute Gasteiger partial charge is 0.173 e. The van der Waals surface area contributed by atoms with Crippen LogP contribution in [-0.2, 0) is 0 Å². The van der Waals surface area contributed by atoms with Gasteiger partial charge in [0.1, 0.15) is 16.9 Å². The quantitative estimate of drug-likeness (QED) is 0.610. The maximum absolute atomic E-state index is 11.7. The minimum Gasteiger partial charge on any atom is -0.457 e. The van der Waals surface area contributed by atoms with Crippen LogP contribution in [0.2, 0.25) is 0 Å². The maximum atomic E-state index is 11.7. The molecular formula is C15H11NO2S. The Labute approximate surface area is 115 Å². The highest BCUT2D eigenvalue weighted by Crippen LogP contribution is 2.21. The number of carbonyl (C=O) groups excluding carboxylic acids is 1. The molecular weight excluding hydrogens is 258 g/mol. The molecule has 0 heterocycles. The molecule has 19 heavy (non-hydrogen) atoms. The van der Waals surface area contributed by atoms with Crippen molar-refractivity contribution in [2.75, 3.05) is 5.75 Å². The number of carbonyl (C=O) groups is 1. The number of Topliss-reactive ketones (excluding diaryl/α,β-unsaturated/α-hetero) is 1. The summed E-state index contributed by atoms with van der Waals surface area (Å²) in [5.74, 6) is 1.55. The Morgan fingerprint density at radius 1 is 1.05 bits per heavy atom. The van der Waals surface area contributed by atoms with Gasteiger partial charge in [-0.25, -0.2) is 0 Å². The van der Waals surface area contributed by atoms with E-state index in [1.807, 2.05) is 35.7 Å². The first-order valence-electron chi connectivity index (χ1n) is 5.66. The number of hydrogen-bond donors (Lipinski definition) is 0. The molecule has 0 aromatic heterocycles. The maximum Gasteiger partial charge on any atom is 0.173 e. The summed E-state index contributed by atoms with van der Waals surface area (Å²) in [6, 6.07) is 16.3. The van der Waals surface area contributed by atoms with Crippen LogP contribution in [0.25, 0.3) is 0 Å². The summed E-state index contributed by atoms with van der Waals surface area (Å²) in [6.07, 6.45) is 0. The zero-order chi connectivity index (χ0) is 13.5. The van der Waals surface area contributed by atoms with Crippen molar-refractivity contribution in [1.29, 1.82) is 5.26 Å². The van der Waals surface area contributed by atoms with Crippen molar-refractivity contribution < 1.29 is 9.53 Å². The van der Waals surface area contributed by atoms with E-state index in [4.69, 9.17) is 10.00 Å². The fraction of sp³-hybridized carbons (Fsp3) is 0.0667. The normalized spacial score (nSPS) is 9.63. The van der Waals surface area contributed by atoms with Gasteiger partial charge in [0.2, 0.25) is 0 Å². The number of para-hydroxylation sites is 1. The molecule has 94 valence electrons. The van der Waals surface area contributed by atoms with Crippen LogP contribution in [0.3, 0.4) is 0 Å². The number of hydrogen-bond acceptors (Lipinski definition) is 4. The lowest BCUT2D eigenvalue weighted by Gasteiger charge is -2.05. The van der Waals surface area contributed by atoms with Gasteiger partial charge in [-0.05, 0) is 48.2 Å². The molecule has 2 aromatic rings. The monoisotopic (exact) mass is 269 g/mol. The van der Waals surface area contributed by atoms with Gasteiger partial charge in [0.15, 0.2) is 5.78 Å². The van der Waals surface area contributed by atoms with E-state index in [0.29, 0.717) is 11.3 Å². The molecule has 0 aliphatic heterocycles. The van der Waals surface area contributed by atoms with Crippen LogP contribution in [0, 0.1) is 10.7 Å². The number of rotatable bonds is 5. The van der Waals surface area contributed by atoms with E-state index >= 15 is 0 Å². The molecule has 0 aliphatic rings. The van der Waals surface area contributed by atoms with Crippen LogP contribution in [0.4, 0.5) is 0 Å². The third-order valence-corrected chi connectivity index (χ3v) is 2.96. The molecule has 0 spiro atoms. The van der Waals surface area contributed by atoms with Gasteiger partial charge in [0, 0.05) is 5.56 Å². The summed E-state index contributed by atoms with van der Waals surface area (Å²) in [5, 5.41) is 10.3. The van der Waals surface area contributed by atoms with Gasteiger partial charge in [-0.3, -0.25) is 4.79 Å². The second-order valence-electron chi connectivity index (χ2n) is 3.74. The fourth-order valence-corrected chi connectivity index (χ4v) is 1.88. The van der Waals surface area contributed by atoms with Crippen molar-refractivity contribution in [1.82, 2.24) is 0 Å². The zero-order valence-corrected chi connectivity index (χ0v) is 10.9. The molecule has 0 bridgehead atoms. The Kier molecular flexibility index (Phi) is 4.60. The highest BCUT2D eigenvalue weighted by molar-refractivity contribution is 8.04. The van der Waals surface area contributed by atoms with Crippen molar-refractivity contribution in [3.05, 3.63) is 60.2 Å². The number of nitriles is 1. The Morgan fingerprint density at radius 2 is 1.68 bits per heavy atom. The van der Waals surface area contributed by atoms with E-state index in [1.54, 1.807) is 24.3 Å². The molecule has 4 heteroatoms. The van der Waals surface area contributed by atoms with Gasteiger partial charge in [-0.1, -0.05) is 18.2 Å². The minimum atomic E-state index is -0.0576. The summed E-state index contributed by atoms with van der Waals surface area (Å²) in [5.41, 5.74) is 0.586. The SMILES string of the molecule is N#CSCC(=O)c1ccc(Oc2ccccc2)cc1. The first kappa shape index (κ1) is 13.2. The van der Waals surface area contributed by atoms with Crippen molar-refractivity contribution in [2.45, 2.75) is 0 Å². The Morgan fingerprint density at radius 3 is 2.32 bits per heavy atom. The topological polar surface area (TPSA) is 50.1 Å². The average molecular weight is 269 g/mol. The summed E-state index contributed by atoms with van der Waals surface area (Å²) < 4.78 is 5.63. The standard InChI is InChI=1S/C15H11NO2S/c16-11-19-10-15(17)12-6-8-14(9-7-12)18-13-4-2-1-3-5-13/h1-9H,10H2. The van der Waals surface area contributed by atoms with Crippen molar-refractivity contribution in [2.24, 2.45) is 0 Å². The van der Waals surface area contributed by atoms with Crippen LogP contribution in [0.5, 0.6) is 11.5 Å². The van der Waals surface area contributed by atoms with Gasteiger partial charge >= 0.3 is 0 Å². The minimum absolute atomic E-state index is 0.0576. The van der Waals surface area contributed by atoms with Gasteiger partial charge < -0.3 is 4.74 Å². The van der Waals surface area contributed by atoms with Gasteiger partial charge in [0.05, 0.1) is 5.75 Å². The third-order valence-electron chi connectivity index (χ3n) is 2.42. The highest BCUT2D eigenvalue weighted by Gasteiger charge is 2.06. The van der Waals surface area contributed by atoms with E-state index in [0.717, 1.165) is 17.5 Å². The largest absolute Gasteiger partial charge is 0.457 e. The van der Waals surface area contributed by atoms with E-state index in [2.05, 4.69) is 0 Å². The number of nitrogens with zero attached hydrogens (tertiary/aromatic N) is 1. The number of ether oxygens (including phenoxy) is 1. The molecule has 0 radical (unpaired) electrons. The first-order chi connectivity index (χ1) is 9.29. The third kappa shape index (κ3) is 3.87. The molecule has 0 amide bonds. The molecule has 0 fully saturated rings. The molecule has 0 saturated carbocycles. The van der Waals surface area contributed by atoms with Crippen molar-refractivity contribution in [3.63, 3.8) is 0 Å². The molecule has 0 atom stereocenters. The second kappa shape index (κ2) is 6.62. The molecule has 2 rings (SSSR count). The lowest BCUT2D eigenvalue weighted by molar-refractivity contribution is 0.102. The van der Waals surface area contributed by atoms with Crippen LogP contribution in [-0.4, -0.2) is 11.5 Å². The molecule has 0 N–H and O–H groups in total. The summed E-state index contributed by atoms with van der Waals surface area (Å²) in [4.78, 5) is 11.7. The lowest BCUT2D eigenvalue weighted by atomic mass is 10.1. The number of thiocyanates is 1. The first-order valence-corrected chi connectivity index (χ1v) is 6.65. The predicted molar refractivity (Wildman–Crippen MR) is 75.4 cm³/mol. The molecule has 0 unspecified atom stereocenters. The Bertz CT molecular complexity index is 588. The predicted octanol–water partition coefficient (Wildman–Crippen LogP) is 3.88. The Hall–Kier alpha value is -2.25. The number of ketones is 1. The molecule has 2 aromatic carbocycles. The van der Waals surface area contributed by atoms with Crippen LogP contribution < -0.4 is 4.74 Å². The van der Waals surface area contributed by atoms with Crippen molar-refractivity contribution in [3.8, 4) is 16.9 Å². The summed E-state index contributed by atoms with van der Waals surface area (Å²) >= 11 is 0.943. The van der Waals surface area contributed by atoms with Gasteiger partial charge in [0.25, 0.3) is 0 Å². The second-order valence-corrected chi connectivity index (χ2v) is 4.50. The van der Waals surface area contributed by atoms with E-state index in [-0.39, 0.29) is 11.5 Å². The summed E-state index contributed by atoms with van der Waals surface area (Å²) in [6.45, 7) is 0. The van der Waals surface area contributed by atoms with Gasteiger partial charge in [-0.15, -0.1) is 0 Å². The van der Waals surface area contributed by atoms with E-state index in [9.17, 15) is 4.79 Å². The van der Waals surface area contributed by atoms with Crippen LogP contribution >= 0.6 is 11.8 Å². The highest BCUT2D eigenvalue weighted by atomic mass is 32.2. The van der Waals surface area contributed by atoms with Gasteiger partial charge in [-0.2, -0.15) is 5.26 Å². The van der Waals surface area contributed by atoms with Crippen molar-refractivity contribution >= 4 is 17.5 Å². The summed E-state index contributed by atoms with van der Waals surface area (Å²) in [7, 11) is 0. The Balaban J connectivity index is 2.03. The molecule has 3 nitrogen and oxygen atoms in total. The number of benzene rings is 2. The van der Waals surface area contributed by atoms with Crippen LogP contribution in [0.1, 0.15) is 10.4 Å². The number of thioether (sulfide) groups is 1. The van der Waals surface area contributed by atoms with Crippen LogP contribution in [0.15, 0.2) is 54.6 Å². The average Bonchev–Trinajstić information content (AvgIpc) is 2.46. The zero-order valence-electron chi connectivity index (χ0n) is 10.1. The molecule has 0 saturated heterocycles. The van der Waals surface area contributed by atoms with E-state index in [1.165, 1.54) is 0 Å². The van der Waals surface area contributed by atoms with E-state index < -0.39 is 0 Å². The lowest BCUT2D eigenvalue weighted by Crippen LogP contribution is -2.01.